The van der Waals surface area contributed by atoms with E-state index >= 15 is 0 Å². The van der Waals surface area contributed by atoms with Gasteiger partial charge in [-0.15, -0.1) is 24.0 Å². The predicted molar refractivity (Wildman–Crippen MR) is 114 cm³/mol. The van der Waals surface area contributed by atoms with Crippen LogP contribution in [0.1, 0.15) is 44.4 Å². The van der Waals surface area contributed by atoms with Gasteiger partial charge in [0.1, 0.15) is 5.82 Å². The Hall–Kier alpha value is -0.890. The van der Waals surface area contributed by atoms with Crippen LogP contribution in [0.2, 0.25) is 0 Å². The molecule has 1 fully saturated rings. The maximum Gasteiger partial charge on any atom is 0.191 e. The average Bonchev–Trinajstić information content (AvgIpc) is 3.03. The average molecular weight is 462 g/mol. The Labute approximate surface area is 168 Å². The molecular weight excluding hydrogens is 430 g/mol. The molecule has 0 aliphatic carbocycles. The number of halogens is 2. The van der Waals surface area contributed by atoms with E-state index in [-0.39, 0.29) is 35.8 Å². The molecule has 1 aliphatic rings. The molecule has 0 saturated carbocycles. The summed E-state index contributed by atoms with van der Waals surface area (Å²) in [4.78, 5) is 7.21. The highest BCUT2D eigenvalue weighted by Gasteiger charge is 2.20. The molecule has 1 aliphatic heterocycles. The Bertz CT molecular complexity index is 564. The lowest BCUT2D eigenvalue weighted by molar-refractivity contribution is 0.343. The van der Waals surface area contributed by atoms with Crippen molar-refractivity contribution < 1.29 is 4.39 Å². The molecule has 2 unspecified atom stereocenters. The van der Waals surface area contributed by atoms with Gasteiger partial charge < -0.3 is 15.5 Å². The fraction of sp³-hybridized carbons (Fsp3) is 0.632. The summed E-state index contributed by atoms with van der Waals surface area (Å²) in [6.45, 7) is 13.2. The molecule has 0 bridgehead atoms. The molecule has 1 aromatic rings. The molecule has 2 atom stereocenters. The van der Waals surface area contributed by atoms with E-state index in [1.165, 1.54) is 13.0 Å². The van der Waals surface area contributed by atoms with E-state index < -0.39 is 0 Å². The van der Waals surface area contributed by atoms with Gasteiger partial charge in [0.25, 0.3) is 0 Å². The minimum Gasteiger partial charge on any atom is -0.357 e. The molecule has 1 saturated heterocycles. The van der Waals surface area contributed by atoms with Crippen LogP contribution in [0, 0.1) is 18.7 Å². The van der Waals surface area contributed by atoms with Crippen molar-refractivity contribution in [1.29, 1.82) is 0 Å². The molecule has 2 rings (SSSR count). The zero-order valence-electron chi connectivity index (χ0n) is 15.8. The van der Waals surface area contributed by atoms with Crippen molar-refractivity contribution in [2.24, 2.45) is 10.9 Å². The van der Waals surface area contributed by atoms with Crippen LogP contribution in [-0.2, 0) is 0 Å². The van der Waals surface area contributed by atoms with Crippen LogP contribution in [0.3, 0.4) is 0 Å². The smallest absolute Gasteiger partial charge is 0.191 e. The zero-order valence-corrected chi connectivity index (χ0v) is 18.1. The van der Waals surface area contributed by atoms with E-state index in [4.69, 9.17) is 4.99 Å². The summed E-state index contributed by atoms with van der Waals surface area (Å²) in [5, 5.41) is 6.68. The third-order valence-corrected chi connectivity index (χ3v) is 4.72. The lowest BCUT2D eigenvalue weighted by Crippen LogP contribution is -2.39. The lowest BCUT2D eigenvalue weighted by atomic mass is 10.1. The Kier molecular flexibility index (Phi) is 9.71. The van der Waals surface area contributed by atoms with Crippen LogP contribution >= 0.6 is 24.0 Å². The van der Waals surface area contributed by atoms with E-state index in [1.807, 2.05) is 19.1 Å². The van der Waals surface area contributed by atoms with Gasteiger partial charge in [0, 0.05) is 19.6 Å². The lowest BCUT2D eigenvalue weighted by Gasteiger charge is -2.19. The van der Waals surface area contributed by atoms with Crippen molar-refractivity contribution in [2.45, 2.75) is 40.2 Å². The molecule has 142 valence electrons. The Morgan fingerprint density at radius 3 is 2.76 bits per heavy atom. The number of aliphatic imine (C=N–C) groups is 1. The number of nitrogens with one attached hydrogen (secondary N) is 2. The number of guanidine groups is 1. The first-order valence-electron chi connectivity index (χ1n) is 9.06. The molecule has 0 amide bonds. The van der Waals surface area contributed by atoms with Crippen molar-refractivity contribution in [2.75, 3.05) is 32.7 Å². The van der Waals surface area contributed by atoms with Gasteiger partial charge in [-0.1, -0.05) is 19.1 Å². The molecule has 4 nitrogen and oxygen atoms in total. The zero-order chi connectivity index (χ0) is 17.5. The van der Waals surface area contributed by atoms with Crippen molar-refractivity contribution >= 4 is 29.9 Å². The first-order chi connectivity index (χ1) is 11.5. The summed E-state index contributed by atoms with van der Waals surface area (Å²) in [5.74, 6) is 1.28. The molecule has 2 N–H and O–H groups in total. The molecule has 25 heavy (non-hydrogen) atoms. The predicted octanol–water partition coefficient (Wildman–Crippen LogP) is 3.71. The topological polar surface area (TPSA) is 39.7 Å². The third kappa shape index (κ3) is 6.73. The number of aryl methyl sites for hydroxylation is 1. The van der Waals surface area contributed by atoms with Gasteiger partial charge in [0.15, 0.2) is 5.96 Å². The van der Waals surface area contributed by atoms with Gasteiger partial charge >= 0.3 is 0 Å². The molecule has 6 heteroatoms. The number of benzene rings is 1. The fourth-order valence-corrected chi connectivity index (χ4v) is 3.06. The second kappa shape index (κ2) is 11.0. The van der Waals surface area contributed by atoms with Gasteiger partial charge in [0.05, 0.1) is 6.04 Å². The minimum atomic E-state index is -0.159. The molecule has 1 aromatic carbocycles. The summed E-state index contributed by atoms with van der Waals surface area (Å²) in [6, 6.07) is 5.40. The van der Waals surface area contributed by atoms with Crippen LogP contribution in [0.4, 0.5) is 4.39 Å². The number of likely N-dealkylation sites (tertiary alicyclic amines) is 1. The second-order valence-electron chi connectivity index (χ2n) is 6.64. The van der Waals surface area contributed by atoms with Crippen molar-refractivity contribution in [3.05, 3.63) is 35.1 Å². The van der Waals surface area contributed by atoms with Gasteiger partial charge in [0.2, 0.25) is 0 Å². The van der Waals surface area contributed by atoms with Gasteiger partial charge in [-0.25, -0.2) is 4.39 Å². The first-order valence-corrected chi connectivity index (χ1v) is 9.06. The summed E-state index contributed by atoms with van der Waals surface area (Å²) in [6.07, 6.45) is 1.22. The molecule has 0 radical (unpaired) electrons. The molecule has 0 spiro atoms. The van der Waals surface area contributed by atoms with E-state index in [0.717, 1.165) is 37.7 Å². The summed E-state index contributed by atoms with van der Waals surface area (Å²) in [5.41, 5.74) is 1.61. The SMILES string of the molecule is CCNC(=NCC1CCN(CC)C1)NC(C)c1ccc(C)c(F)c1.I. The summed E-state index contributed by atoms with van der Waals surface area (Å²) < 4.78 is 13.8. The minimum absolute atomic E-state index is 0. The second-order valence-corrected chi connectivity index (χ2v) is 6.64. The van der Waals surface area contributed by atoms with Gasteiger partial charge in [-0.2, -0.15) is 0 Å². The number of nitrogens with zero attached hydrogens (tertiary/aromatic N) is 2. The highest BCUT2D eigenvalue weighted by atomic mass is 127. The number of hydrogen-bond donors (Lipinski definition) is 2. The molecular formula is C19H32FIN4. The summed E-state index contributed by atoms with van der Waals surface area (Å²) in [7, 11) is 0. The number of rotatable bonds is 6. The highest BCUT2D eigenvalue weighted by molar-refractivity contribution is 14.0. The van der Waals surface area contributed by atoms with Crippen LogP contribution in [0.25, 0.3) is 0 Å². The Morgan fingerprint density at radius 1 is 1.40 bits per heavy atom. The van der Waals surface area contributed by atoms with Crippen LogP contribution in [0.15, 0.2) is 23.2 Å². The van der Waals surface area contributed by atoms with E-state index in [2.05, 4.69) is 29.4 Å². The van der Waals surface area contributed by atoms with Gasteiger partial charge in [-0.3, -0.25) is 4.99 Å². The largest absolute Gasteiger partial charge is 0.357 e. The van der Waals surface area contributed by atoms with Crippen molar-refractivity contribution in [1.82, 2.24) is 15.5 Å². The highest BCUT2D eigenvalue weighted by Crippen LogP contribution is 2.17. The molecule has 0 aromatic heterocycles. The fourth-order valence-electron chi connectivity index (χ4n) is 3.06. The molecule has 1 heterocycles. The third-order valence-electron chi connectivity index (χ3n) is 4.72. The maximum absolute atomic E-state index is 13.8. The monoisotopic (exact) mass is 462 g/mol. The van der Waals surface area contributed by atoms with E-state index in [1.54, 1.807) is 13.0 Å². The number of hydrogen-bond acceptors (Lipinski definition) is 2. The summed E-state index contributed by atoms with van der Waals surface area (Å²) >= 11 is 0. The Balaban J connectivity index is 0.00000312. The van der Waals surface area contributed by atoms with Crippen LogP contribution < -0.4 is 10.6 Å². The normalized spacial score (nSPS) is 19.4. The quantitative estimate of drug-likeness (QED) is 0.385. The van der Waals surface area contributed by atoms with Crippen molar-refractivity contribution in [3.63, 3.8) is 0 Å². The van der Waals surface area contributed by atoms with E-state index in [0.29, 0.717) is 11.5 Å². The van der Waals surface area contributed by atoms with E-state index in [9.17, 15) is 4.39 Å². The van der Waals surface area contributed by atoms with Crippen molar-refractivity contribution in [3.8, 4) is 0 Å². The Morgan fingerprint density at radius 2 is 2.16 bits per heavy atom. The maximum atomic E-state index is 13.8. The van der Waals surface area contributed by atoms with Gasteiger partial charge in [-0.05, 0) is 63.4 Å². The van der Waals surface area contributed by atoms with Crippen LogP contribution in [0.5, 0.6) is 0 Å². The first kappa shape index (κ1) is 22.2. The standard InChI is InChI=1S/C19H31FN4.HI/c1-5-21-19(22-12-16-9-10-24(6-2)13-16)23-15(4)17-8-7-14(3)18(20)11-17;/h7-8,11,15-16H,5-6,9-10,12-13H2,1-4H3,(H2,21,22,23);1H. The van der Waals surface area contributed by atoms with Crippen LogP contribution in [-0.4, -0.2) is 43.6 Å².